The van der Waals surface area contributed by atoms with Gasteiger partial charge < -0.3 is 14.8 Å². The van der Waals surface area contributed by atoms with Gasteiger partial charge in [-0.25, -0.2) is 9.37 Å². The maximum atomic E-state index is 13.6. The van der Waals surface area contributed by atoms with Crippen molar-refractivity contribution in [3.8, 4) is 5.75 Å². The molecule has 7 heteroatoms. The summed E-state index contributed by atoms with van der Waals surface area (Å²) in [5.41, 5.74) is 2.92. The Hall–Kier alpha value is -2.48. The molecule has 0 saturated carbocycles. The van der Waals surface area contributed by atoms with Crippen LogP contribution in [0.25, 0.3) is 21.1 Å². The van der Waals surface area contributed by atoms with E-state index >= 15 is 0 Å². The Kier molecular flexibility index (Phi) is 5.35. The van der Waals surface area contributed by atoms with Crippen LogP contribution < -0.4 is 4.74 Å². The van der Waals surface area contributed by atoms with Crippen molar-refractivity contribution >= 4 is 32.5 Å². The summed E-state index contributed by atoms with van der Waals surface area (Å²) in [6.45, 7) is 2.95. The molecule has 0 aliphatic carbocycles. The maximum Gasteiger partial charge on any atom is 0.128 e. The van der Waals surface area contributed by atoms with Gasteiger partial charge in [0.15, 0.2) is 0 Å². The SMILES string of the molecule is Cc1cc2c(OC[C@@H](O)CN3[C@@H]4CC[C@H]3CC(c3nc5cc(F)ccc5s3)C4)cccc2[nH]1. The first-order valence-corrected chi connectivity index (χ1v) is 12.6. The summed E-state index contributed by atoms with van der Waals surface area (Å²) in [4.78, 5) is 10.6. The number of nitrogens with zero attached hydrogens (tertiary/aromatic N) is 2. The fraction of sp³-hybridized carbons (Fsp3) is 0.423. The number of aromatic nitrogens is 2. The molecule has 4 heterocycles. The van der Waals surface area contributed by atoms with Crippen LogP contribution in [-0.2, 0) is 0 Å². The molecule has 172 valence electrons. The van der Waals surface area contributed by atoms with Gasteiger partial charge in [-0.3, -0.25) is 4.90 Å². The number of fused-ring (bicyclic) bond motifs is 4. The number of hydrogen-bond acceptors (Lipinski definition) is 5. The third kappa shape index (κ3) is 4.03. The zero-order valence-electron chi connectivity index (χ0n) is 18.6. The molecule has 4 atom stereocenters. The number of benzene rings is 2. The van der Waals surface area contributed by atoms with Crippen molar-refractivity contribution < 1.29 is 14.2 Å². The zero-order valence-corrected chi connectivity index (χ0v) is 19.4. The van der Waals surface area contributed by atoms with E-state index in [-0.39, 0.29) is 12.4 Å². The first-order valence-electron chi connectivity index (χ1n) is 11.7. The predicted octanol–water partition coefficient (Wildman–Crippen LogP) is 5.38. The molecule has 2 saturated heterocycles. The largest absolute Gasteiger partial charge is 0.490 e. The van der Waals surface area contributed by atoms with E-state index in [9.17, 15) is 9.50 Å². The second-order valence-corrected chi connectivity index (χ2v) is 10.6. The minimum Gasteiger partial charge on any atom is -0.490 e. The number of halogens is 1. The molecular weight excluding hydrogens is 437 g/mol. The second-order valence-electron chi connectivity index (χ2n) is 9.55. The van der Waals surface area contributed by atoms with Crippen molar-refractivity contribution in [2.24, 2.45) is 0 Å². The number of aliphatic hydroxyl groups is 1. The Morgan fingerprint density at radius 1 is 1.21 bits per heavy atom. The lowest BCUT2D eigenvalue weighted by Crippen LogP contribution is -2.47. The molecule has 5 nitrogen and oxygen atoms in total. The molecule has 2 aromatic carbocycles. The van der Waals surface area contributed by atoms with Gasteiger partial charge in [-0.15, -0.1) is 11.3 Å². The van der Waals surface area contributed by atoms with Crippen LogP contribution in [0.3, 0.4) is 0 Å². The van der Waals surface area contributed by atoms with E-state index in [2.05, 4.69) is 16.0 Å². The third-order valence-electron chi connectivity index (χ3n) is 7.21. The van der Waals surface area contributed by atoms with Gasteiger partial charge in [0, 0.05) is 47.2 Å². The second kappa shape index (κ2) is 8.38. The molecule has 2 aliphatic heterocycles. The minimum atomic E-state index is -0.537. The number of aromatic amines is 1. The molecule has 0 spiro atoms. The van der Waals surface area contributed by atoms with Crippen LogP contribution in [0.1, 0.15) is 42.3 Å². The number of thiazole rings is 1. The first-order chi connectivity index (χ1) is 16.0. The molecular formula is C26H28FN3O2S. The molecule has 0 radical (unpaired) electrons. The lowest BCUT2D eigenvalue weighted by molar-refractivity contribution is 0.0321. The van der Waals surface area contributed by atoms with Crippen molar-refractivity contribution in [1.29, 1.82) is 0 Å². The molecule has 6 rings (SSSR count). The number of hydrogen-bond donors (Lipinski definition) is 2. The van der Waals surface area contributed by atoms with Gasteiger partial charge in [-0.2, -0.15) is 0 Å². The van der Waals surface area contributed by atoms with E-state index in [0.717, 1.165) is 63.3 Å². The highest BCUT2D eigenvalue weighted by atomic mass is 32.1. The van der Waals surface area contributed by atoms with E-state index in [1.165, 1.54) is 12.1 Å². The molecule has 2 aliphatic rings. The number of aryl methyl sites for hydroxylation is 1. The van der Waals surface area contributed by atoms with Gasteiger partial charge in [0.2, 0.25) is 0 Å². The zero-order chi connectivity index (χ0) is 22.5. The van der Waals surface area contributed by atoms with Crippen molar-refractivity contribution in [3.63, 3.8) is 0 Å². The van der Waals surface area contributed by atoms with Crippen molar-refractivity contribution in [3.05, 3.63) is 59.0 Å². The number of aliphatic hydroxyl groups excluding tert-OH is 1. The fourth-order valence-electron chi connectivity index (χ4n) is 5.74. The first kappa shape index (κ1) is 21.1. The van der Waals surface area contributed by atoms with E-state index in [0.29, 0.717) is 24.5 Å². The summed E-state index contributed by atoms with van der Waals surface area (Å²) in [5, 5.41) is 13.0. The summed E-state index contributed by atoms with van der Waals surface area (Å²) < 4.78 is 20.6. The van der Waals surface area contributed by atoms with Crippen LogP contribution >= 0.6 is 11.3 Å². The standard InChI is InChI=1S/C26H28FN3O2S/c1-15-9-21-22(28-15)3-2-4-24(21)32-14-20(31)13-30-18-6-7-19(30)11-16(10-18)26-29-23-12-17(27)5-8-25(23)33-26/h2-5,8-9,12,16,18-20,28,31H,6-7,10-11,13-14H2,1H3/t16?,18-,19+,20-/m0/s1. The van der Waals surface area contributed by atoms with E-state index < -0.39 is 6.10 Å². The van der Waals surface area contributed by atoms with E-state index in [4.69, 9.17) is 9.72 Å². The van der Waals surface area contributed by atoms with Crippen molar-refractivity contribution in [2.45, 2.75) is 56.7 Å². The summed E-state index contributed by atoms with van der Waals surface area (Å²) in [5.74, 6) is 1.00. The van der Waals surface area contributed by atoms with Crippen LogP contribution in [0.5, 0.6) is 5.75 Å². The Labute approximate surface area is 196 Å². The fourth-order valence-corrected chi connectivity index (χ4v) is 6.82. The highest BCUT2D eigenvalue weighted by Gasteiger charge is 2.42. The summed E-state index contributed by atoms with van der Waals surface area (Å²) >= 11 is 1.70. The maximum absolute atomic E-state index is 13.6. The molecule has 1 unspecified atom stereocenters. The Morgan fingerprint density at radius 3 is 2.85 bits per heavy atom. The van der Waals surface area contributed by atoms with E-state index in [1.54, 1.807) is 11.3 Å². The molecule has 2 N–H and O–H groups in total. The Morgan fingerprint density at radius 2 is 2.03 bits per heavy atom. The van der Waals surface area contributed by atoms with Crippen LogP contribution in [0.4, 0.5) is 4.39 Å². The Balaban J connectivity index is 1.10. The molecule has 2 aromatic heterocycles. The average Bonchev–Trinajstić information content (AvgIpc) is 3.44. The smallest absolute Gasteiger partial charge is 0.128 e. The Bertz CT molecular complexity index is 1290. The predicted molar refractivity (Wildman–Crippen MR) is 130 cm³/mol. The summed E-state index contributed by atoms with van der Waals surface area (Å²) in [6, 6.07) is 13.9. The van der Waals surface area contributed by atoms with Crippen LogP contribution in [0, 0.1) is 12.7 Å². The quantitative estimate of drug-likeness (QED) is 0.402. The normalized spacial score (nSPS) is 24.0. The lowest BCUT2D eigenvalue weighted by atomic mass is 9.91. The number of ether oxygens (including phenoxy) is 1. The highest BCUT2D eigenvalue weighted by Crippen LogP contribution is 2.44. The minimum absolute atomic E-state index is 0.228. The van der Waals surface area contributed by atoms with Gasteiger partial charge >= 0.3 is 0 Å². The van der Waals surface area contributed by atoms with Crippen molar-refractivity contribution in [1.82, 2.24) is 14.9 Å². The molecule has 4 aromatic rings. The van der Waals surface area contributed by atoms with Crippen LogP contribution in [0.15, 0.2) is 42.5 Å². The van der Waals surface area contributed by atoms with E-state index in [1.807, 2.05) is 31.2 Å². The van der Waals surface area contributed by atoms with Crippen molar-refractivity contribution in [2.75, 3.05) is 13.2 Å². The van der Waals surface area contributed by atoms with Gasteiger partial charge in [0.25, 0.3) is 0 Å². The van der Waals surface area contributed by atoms with Gasteiger partial charge in [-0.1, -0.05) is 6.07 Å². The third-order valence-corrected chi connectivity index (χ3v) is 8.41. The summed E-state index contributed by atoms with van der Waals surface area (Å²) in [7, 11) is 0. The van der Waals surface area contributed by atoms with Gasteiger partial charge in [-0.05, 0) is 62.9 Å². The summed E-state index contributed by atoms with van der Waals surface area (Å²) in [6.07, 6.45) is 3.89. The number of rotatable bonds is 6. The van der Waals surface area contributed by atoms with Crippen LogP contribution in [0.2, 0.25) is 0 Å². The molecule has 2 fully saturated rings. The van der Waals surface area contributed by atoms with Gasteiger partial charge in [0.1, 0.15) is 24.3 Å². The molecule has 0 amide bonds. The van der Waals surface area contributed by atoms with Crippen LogP contribution in [-0.4, -0.2) is 51.3 Å². The van der Waals surface area contributed by atoms with Gasteiger partial charge in [0.05, 0.1) is 15.2 Å². The number of piperidine rings is 1. The topological polar surface area (TPSA) is 61.4 Å². The molecule has 33 heavy (non-hydrogen) atoms. The number of H-pyrrole nitrogens is 1. The highest BCUT2D eigenvalue weighted by molar-refractivity contribution is 7.18. The molecule has 2 bridgehead atoms. The monoisotopic (exact) mass is 465 g/mol. The average molecular weight is 466 g/mol. The lowest BCUT2D eigenvalue weighted by Gasteiger charge is -2.39. The number of nitrogens with one attached hydrogen (secondary N) is 1.